The number of aryl methyl sites for hydroxylation is 1. The van der Waals surface area contributed by atoms with Crippen LogP contribution >= 0.6 is 0 Å². The maximum absolute atomic E-state index is 12.1. The number of carbonyl (C=O) groups excluding carboxylic acids is 1. The molecule has 0 radical (unpaired) electrons. The Morgan fingerprint density at radius 1 is 1.37 bits per heavy atom. The van der Waals surface area contributed by atoms with Gasteiger partial charge >= 0.3 is 5.97 Å². The van der Waals surface area contributed by atoms with Crippen LogP contribution in [0.25, 0.3) is 0 Å². The number of amides is 1. The maximum Gasteiger partial charge on any atom is 0.308 e. The van der Waals surface area contributed by atoms with Crippen molar-refractivity contribution in [3.05, 3.63) is 17.5 Å². The third kappa shape index (κ3) is 3.13. The van der Waals surface area contributed by atoms with E-state index in [9.17, 15) is 14.7 Å². The summed E-state index contributed by atoms with van der Waals surface area (Å²) < 4.78 is 4.85. The molecule has 1 heterocycles. The monoisotopic (exact) mass is 266 g/mol. The van der Waals surface area contributed by atoms with Crippen LogP contribution < -0.4 is 5.32 Å². The molecule has 0 bridgehead atoms. The molecule has 1 aliphatic rings. The van der Waals surface area contributed by atoms with Gasteiger partial charge in [-0.25, -0.2) is 0 Å². The molecule has 1 aliphatic carbocycles. The van der Waals surface area contributed by atoms with Gasteiger partial charge in [-0.2, -0.15) is 0 Å². The van der Waals surface area contributed by atoms with E-state index in [1.165, 1.54) is 6.20 Å². The first-order chi connectivity index (χ1) is 9.09. The van der Waals surface area contributed by atoms with Crippen LogP contribution in [-0.2, 0) is 4.79 Å². The fourth-order valence-corrected chi connectivity index (χ4v) is 2.54. The number of rotatable bonds is 3. The van der Waals surface area contributed by atoms with E-state index in [1.54, 1.807) is 6.92 Å². The smallest absolute Gasteiger partial charge is 0.308 e. The van der Waals surface area contributed by atoms with Crippen molar-refractivity contribution in [2.24, 2.45) is 5.92 Å². The minimum atomic E-state index is -0.839. The molecule has 1 aromatic rings. The molecule has 6 heteroatoms. The molecular formula is C13H18N2O4. The van der Waals surface area contributed by atoms with E-state index in [4.69, 9.17) is 4.52 Å². The Bertz CT molecular complexity index is 469. The van der Waals surface area contributed by atoms with E-state index in [1.807, 2.05) is 0 Å². The zero-order chi connectivity index (χ0) is 13.8. The number of nitrogens with zero attached hydrogens (tertiary/aromatic N) is 1. The fraction of sp³-hybridized carbons (Fsp3) is 0.615. The van der Waals surface area contributed by atoms with Crippen LogP contribution in [0.5, 0.6) is 0 Å². The molecule has 19 heavy (non-hydrogen) atoms. The Balaban J connectivity index is 2.08. The van der Waals surface area contributed by atoms with Crippen molar-refractivity contribution in [1.82, 2.24) is 10.5 Å². The molecular weight excluding hydrogens is 248 g/mol. The zero-order valence-corrected chi connectivity index (χ0v) is 10.9. The van der Waals surface area contributed by atoms with Crippen LogP contribution in [0.1, 0.15) is 48.2 Å². The van der Waals surface area contributed by atoms with Crippen molar-refractivity contribution < 1.29 is 19.2 Å². The Morgan fingerprint density at radius 3 is 2.74 bits per heavy atom. The third-order valence-corrected chi connectivity index (χ3v) is 3.65. The molecule has 0 aliphatic heterocycles. The number of hydrogen-bond acceptors (Lipinski definition) is 4. The third-order valence-electron chi connectivity index (χ3n) is 3.65. The highest BCUT2D eigenvalue weighted by Crippen LogP contribution is 2.24. The number of aromatic nitrogens is 1. The summed E-state index contributed by atoms with van der Waals surface area (Å²) >= 11 is 0. The van der Waals surface area contributed by atoms with Gasteiger partial charge in [-0.3, -0.25) is 9.59 Å². The van der Waals surface area contributed by atoms with Gasteiger partial charge in [0.25, 0.3) is 5.91 Å². The lowest BCUT2D eigenvalue weighted by Gasteiger charge is -2.22. The molecule has 2 atom stereocenters. The first-order valence-corrected chi connectivity index (χ1v) is 6.54. The van der Waals surface area contributed by atoms with Crippen LogP contribution in [0.15, 0.2) is 10.7 Å². The summed E-state index contributed by atoms with van der Waals surface area (Å²) in [5.74, 6) is -1.21. The van der Waals surface area contributed by atoms with Crippen LogP contribution in [0, 0.1) is 12.8 Å². The van der Waals surface area contributed by atoms with Gasteiger partial charge in [0.05, 0.1) is 12.1 Å². The lowest BCUT2D eigenvalue weighted by atomic mass is 9.94. The van der Waals surface area contributed by atoms with Crippen molar-refractivity contribution in [3.63, 3.8) is 0 Å². The molecule has 0 aromatic carbocycles. The molecule has 0 spiro atoms. The van der Waals surface area contributed by atoms with Crippen LogP contribution in [0.4, 0.5) is 0 Å². The van der Waals surface area contributed by atoms with Crippen molar-refractivity contribution in [2.75, 3.05) is 0 Å². The standard InChI is InChI=1S/C13H18N2O4/c1-8-10(7-14-19-8)12(16)15-11-6-4-2-3-5-9(11)13(17)18/h7,9,11H,2-6H2,1H3,(H,15,16)(H,17,18). The SMILES string of the molecule is Cc1oncc1C(=O)NC1CCCCCC1C(=O)O. The summed E-state index contributed by atoms with van der Waals surface area (Å²) in [6.07, 6.45) is 5.53. The van der Waals surface area contributed by atoms with Gasteiger partial charge < -0.3 is 14.9 Å². The largest absolute Gasteiger partial charge is 0.481 e. The average molecular weight is 266 g/mol. The van der Waals surface area contributed by atoms with E-state index in [0.29, 0.717) is 24.2 Å². The highest BCUT2D eigenvalue weighted by Gasteiger charge is 2.31. The molecule has 2 unspecified atom stereocenters. The normalized spacial score (nSPS) is 23.6. The van der Waals surface area contributed by atoms with Gasteiger partial charge in [-0.1, -0.05) is 24.4 Å². The number of hydrogen-bond donors (Lipinski definition) is 2. The maximum atomic E-state index is 12.1. The molecule has 1 amide bonds. The van der Waals surface area contributed by atoms with E-state index in [2.05, 4.69) is 10.5 Å². The van der Waals surface area contributed by atoms with Gasteiger partial charge in [-0.15, -0.1) is 0 Å². The van der Waals surface area contributed by atoms with Crippen molar-refractivity contribution in [2.45, 2.75) is 45.1 Å². The van der Waals surface area contributed by atoms with Gasteiger partial charge in [0, 0.05) is 6.04 Å². The van der Waals surface area contributed by atoms with Crippen molar-refractivity contribution in [3.8, 4) is 0 Å². The summed E-state index contributed by atoms with van der Waals surface area (Å²) in [4.78, 5) is 23.3. The number of nitrogens with one attached hydrogen (secondary N) is 1. The molecule has 1 fully saturated rings. The van der Waals surface area contributed by atoms with Gasteiger partial charge in [0.1, 0.15) is 11.3 Å². The number of aliphatic carboxylic acids is 1. The van der Waals surface area contributed by atoms with Crippen LogP contribution in [0.2, 0.25) is 0 Å². The first kappa shape index (κ1) is 13.6. The van der Waals surface area contributed by atoms with Gasteiger partial charge in [0.2, 0.25) is 0 Å². The van der Waals surface area contributed by atoms with Crippen molar-refractivity contribution >= 4 is 11.9 Å². The Morgan fingerprint density at radius 2 is 2.11 bits per heavy atom. The highest BCUT2D eigenvalue weighted by atomic mass is 16.5. The predicted molar refractivity (Wildman–Crippen MR) is 66.7 cm³/mol. The predicted octanol–water partition coefficient (Wildman–Crippen LogP) is 1.75. The number of carboxylic acid groups (broad SMARTS) is 1. The molecule has 1 aromatic heterocycles. The lowest BCUT2D eigenvalue weighted by Crippen LogP contribution is -2.42. The molecule has 1 saturated carbocycles. The molecule has 2 rings (SSSR count). The summed E-state index contributed by atoms with van der Waals surface area (Å²) in [5, 5.41) is 15.6. The van der Waals surface area contributed by atoms with Crippen LogP contribution in [-0.4, -0.2) is 28.2 Å². The second-order valence-electron chi connectivity index (χ2n) is 4.96. The minimum Gasteiger partial charge on any atom is -0.481 e. The lowest BCUT2D eigenvalue weighted by molar-refractivity contribution is -0.142. The molecule has 0 saturated heterocycles. The van der Waals surface area contributed by atoms with E-state index in [-0.39, 0.29) is 11.9 Å². The highest BCUT2D eigenvalue weighted by molar-refractivity contribution is 5.95. The van der Waals surface area contributed by atoms with Gasteiger partial charge in [-0.05, 0) is 19.8 Å². The number of carbonyl (C=O) groups is 2. The number of carboxylic acids is 1. The first-order valence-electron chi connectivity index (χ1n) is 6.54. The van der Waals surface area contributed by atoms with E-state index in [0.717, 1.165) is 19.3 Å². The molecule has 2 N–H and O–H groups in total. The minimum absolute atomic E-state index is 0.308. The quantitative estimate of drug-likeness (QED) is 0.813. The summed E-state index contributed by atoms with van der Waals surface area (Å²) in [7, 11) is 0. The summed E-state index contributed by atoms with van der Waals surface area (Å²) in [5.41, 5.74) is 0.369. The Hall–Kier alpha value is -1.85. The van der Waals surface area contributed by atoms with E-state index < -0.39 is 11.9 Å². The van der Waals surface area contributed by atoms with E-state index >= 15 is 0 Å². The Labute approximate surface area is 111 Å². The van der Waals surface area contributed by atoms with Crippen molar-refractivity contribution in [1.29, 1.82) is 0 Å². The average Bonchev–Trinajstić information content (AvgIpc) is 2.65. The molecule has 6 nitrogen and oxygen atoms in total. The zero-order valence-electron chi connectivity index (χ0n) is 10.9. The Kier molecular flexibility index (Phi) is 4.19. The summed E-state index contributed by atoms with van der Waals surface area (Å²) in [6, 6.07) is -0.318. The van der Waals surface area contributed by atoms with Gasteiger partial charge in [0.15, 0.2) is 0 Å². The second kappa shape index (κ2) is 5.86. The topological polar surface area (TPSA) is 92.4 Å². The second-order valence-corrected chi connectivity index (χ2v) is 4.96. The summed E-state index contributed by atoms with van der Waals surface area (Å²) in [6.45, 7) is 1.66. The van der Waals surface area contributed by atoms with Crippen LogP contribution in [0.3, 0.4) is 0 Å². The molecule has 104 valence electrons. The fourth-order valence-electron chi connectivity index (χ4n) is 2.54.